The number of aromatic nitrogens is 1. The first kappa shape index (κ1) is 11.8. The number of nitrogens with one attached hydrogen (secondary N) is 1. The van der Waals surface area contributed by atoms with E-state index in [0.717, 1.165) is 23.9 Å². The molecule has 0 amide bonds. The van der Waals surface area contributed by atoms with Crippen LogP contribution in [0.2, 0.25) is 0 Å². The summed E-state index contributed by atoms with van der Waals surface area (Å²) < 4.78 is 5.64. The molecular formula is C13H19N3O. The van der Waals surface area contributed by atoms with Crippen LogP contribution in [0, 0.1) is 0 Å². The summed E-state index contributed by atoms with van der Waals surface area (Å²) in [5.41, 5.74) is 7.98. The maximum Gasteiger partial charge on any atom is 0.296 e. The molecule has 0 spiro atoms. The molecule has 1 aromatic heterocycles. The molecule has 2 aromatic rings. The van der Waals surface area contributed by atoms with E-state index in [1.807, 2.05) is 18.2 Å². The third-order valence-corrected chi connectivity index (χ3v) is 3.38. The fourth-order valence-electron chi connectivity index (χ4n) is 1.68. The molecule has 0 aliphatic carbocycles. The van der Waals surface area contributed by atoms with Gasteiger partial charge >= 0.3 is 0 Å². The molecule has 0 fully saturated rings. The Kier molecular flexibility index (Phi) is 2.96. The van der Waals surface area contributed by atoms with Crippen molar-refractivity contribution in [1.29, 1.82) is 0 Å². The van der Waals surface area contributed by atoms with Crippen LogP contribution in [0.1, 0.15) is 33.6 Å². The van der Waals surface area contributed by atoms with Crippen molar-refractivity contribution in [2.45, 2.75) is 39.2 Å². The summed E-state index contributed by atoms with van der Waals surface area (Å²) in [5, 5.41) is 3.35. The minimum atomic E-state index is 0.0203. The summed E-state index contributed by atoms with van der Waals surface area (Å²) in [6, 6.07) is 6.05. The predicted octanol–water partition coefficient (Wildman–Crippen LogP) is 3.40. The van der Waals surface area contributed by atoms with Crippen molar-refractivity contribution in [3.63, 3.8) is 0 Å². The van der Waals surface area contributed by atoms with E-state index in [0.29, 0.717) is 11.7 Å². The highest BCUT2D eigenvalue weighted by Gasteiger charge is 2.21. The number of nitrogens with zero attached hydrogens (tertiary/aromatic N) is 1. The maximum absolute atomic E-state index is 5.71. The first-order valence-electron chi connectivity index (χ1n) is 6.00. The molecule has 3 N–H and O–H groups in total. The Morgan fingerprint density at radius 2 is 2.06 bits per heavy atom. The maximum atomic E-state index is 5.71. The van der Waals surface area contributed by atoms with Crippen molar-refractivity contribution in [3.8, 4) is 0 Å². The lowest BCUT2D eigenvalue weighted by Gasteiger charge is -2.26. The topological polar surface area (TPSA) is 64.1 Å². The standard InChI is InChI=1S/C13H19N3O/c1-4-13(3,5-2)16-12-15-10-8-9(14)6-7-11(10)17-12/h6-8H,4-5,14H2,1-3H3,(H,15,16). The van der Waals surface area contributed by atoms with E-state index in [2.05, 4.69) is 31.1 Å². The van der Waals surface area contributed by atoms with E-state index in [9.17, 15) is 0 Å². The minimum absolute atomic E-state index is 0.0203. The van der Waals surface area contributed by atoms with Gasteiger partial charge in [-0.2, -0.15) is 4.98 Å². The quantitative estimate of drug-likeness (QED) is 0.794. The summed E-state index contributed by atoms with van der Waals surface area (Å²) in [6.45, 7) is 6.46. The van der Waals surface area contributed by atoms with Crippen LogP contribution in [-0.4, -0.2) is 10.5 Å². The van der Waals surface area contributed by atoms with Crippen LogP contribution in [-0.2, 0) is 0 Å². The third kappa shape index (κ3) is 2.35. The molecular weight excluding hydrogens is 214 g/mol. The number of benzene rings is 1. The number of rotatable bonds is 4. The van der Waals surface area contributed by atoms with Crippen molar-refractivity contribution in [1.82, 2.24) is 4.98 Å². The van der Waals surface area contributed by atoms with E-state index in [1.54, 1.807) is 0 Å². The Morgan fingerprint density at radius 1 is 1.35 bits per heavy atom. The monoisotopic (exact) mass is 233 g/mol. The van der Waals surface area contributed by atoms with Gasteiger partial charge in [0.15, 0.2) is 5.58 Å². The van der Waals surface area contributed by atoms with Gasteiger partial charge in [0.1, 0.15) is 5.52 Å². The van der Waals surface area contributed by atoms with E-state index < -0.39 is 0 Å². The lowest BCUT2D eigenvalue weighted by atomic mass is 9.96. The smallest absolute Gasteiger partial charge is 0.296 e. The van der Waals surface area contributed by atoms with Gasteiger partial charge in [0.05, 0.1) is 0 Å². The predicted molar refractivity (Wildman–Crippen MR) is 71.0 cm³/mol. The SMILES string of the molecule is CCC(C)(CC)Nc1nc2cc(N)ccc2o1. The van der Waals surface area contributed by atoms with Crippen molar-refractivity contribution in [2.75, 3.05) is 11.1 Å². The van der Waals surface area contributed by atoms with Gasteiger partial charge in [0, 0.05) is 11.2 Å². The summed E-state index contributed by atoms with van der Waals surface area (Å²) in [7, 11) is 0. The van der Waals surface area contributed by atoms with Crippen LogP contribution in [0.15, 0.2) is 22.6 Å². The van der Waals surface area contributed by atoms with Crippen LogP contribution in [0.3, 0.4) is 0 Å². The highest BCUT2D eigenvalue weighted by Crippen LogP contribution is 2.25. The van der Waals surface area contributed by atoms with Crippen LogP contribution in [0.4, 0.5) is 11.7 Å². The van der Waals surface area contributed by atoms with Gasteiger partial charge in [-0.15, -0.1) is 0 Å². The molecule has 0 aliphatic heterocycles. The highest BCUT2D eigenvalue weighted by atomic mass is 16.4. The summed E-state index contributed by atoms with van der Waals surface area (Å²) in [4.78, 5) is 4.40. The zero-order chi connectivity index (χ0) is 12.5. The van der Waals surface area contributed by atoms with Gasteiger partial charge in [-0.1, -0.05) is 13.8 Å². The number of anilines is 2. The van der Waals surface area contributed by atoms with Crippen LogP contribution < -0.4 is 11.1 Å². The molecule has 2 rings (SSSR count). The lowest BCUT2D eigenvalue weighted by Crippen LogP contribution is -2.33. The molecule has 1 heterocycles. The minimum Gasteiger partial charge on any atom is -0.424 e. The van der Waals surface area contributed by atoms with Gasteiger partial charge < -0.3 is 15.5 Å². The number of nitrogen functional groups attached to an aromatic ring is 1. The van der Waals surface area contributed by atoms with Crippen molar-refractivity contribution < 1.29 is 4.42 Å². The Balaban J connectivity index is 2.31. The molecule has 0 bridgehead atoms. The van der Waals surface area contributed by atoms with Gasteiger partial charge in [-0.3, -0.25) is 0 Å². The number of fused-ring (bicyclic) bond motifs is 1. The number of hydrogen-bond acceptors (Lipinski definition) is 4. The second kappa shape index (κ2) is 4.28. The first-order valence-corrected chi connectivity index (χ1v) is 6.00. The third-order valence-electron chi connectivity index (χ3n) is 3.38. The van der Waals surface area contributed by atoms with Gasteiger partial charge in [0.2, 0.25) is 0 Å². The second-order valence-electron chi connectivity index (χ2n) is 4.64. The van der Waals surface area contributed by atoms with E-state index in [-0.39, 0.29) is 5.54 Å². The van der Waals surface area contributed by atoms with Crippen molar-refractivity contribution in [2.24, 2.45) is 0 Å². The molecule has 0 saturated carbocycles. The number of oxazole rings is 1. The zero-order valence-corrected chi connectivity index (χ0v) is 10.6. The Labute approximate surface area is 101 Å². The van der Waals surface area contributed by atoms with Crippen molar-refractivity contribution >= 4 is 22.8 Å². The molecule has 4 heteroatoms. The van der Waals surface area contributed by atoms with Crippen molar-refractivity contribution in [3.05, 3.63) is 18.2 Å². The van der Waals surface area contributed by atoms with Gasteiger partial charge in [-0.05, 0) is 38.0 Å². The first-order chi connectivity index (χ1) is 8.06. The molecule has 1 aromatic carbocycles. The molecule has 17 heavy (non-hydrogen) atoms. The number of nitrogens with two attached hydrogens (primary N) is 1. The van der Waals surface area contributed by atoms with E-state index in [4.69, 9.17) is 10.2 Å². The van der Waals surface area contributed by atoms with Crippen LogP contribution >= 0.6 is 0 Å². The Bertz CT molecular complexity index is 514. The second-order valence-corrected chi connectivity index (χ2v) is 4.64. The molecule has 92 valence electrons. The largest absolute Gasteiger partial charge is 0.424 e. The van der Waals surface area contributed by atoms with Gasteiger partial charge in [0.25, 0.3) is 6.01 Å². The lowest BCUT2D eigenvalue weighted by molar-refractivity contribution is 0.455. The van der Waals surface area contributed by atoms with Crippen LogP contribution in [0.25, 0.3) is 11.1 Å². The Morgan fingerprint density at radius 3 is 2.71 bits per heavy atom. The Hall–Kier alpha value is -1.71. The molecule has 4 nitrogen and oxygen atoms in total. The number of hydrogen-bond donors (Lipinski definition) is 2. The zero-order valence-electron chi connectivity index (χ0n) is 10.6. The van der Waals surface area contributed by atoms with E-state index >= 15 is 0 Å². The molecule has 0 radical (unpaired) electrons. The molecule has 0 aliphatic rings. The fourth-order valence-corrected chi connectivity index (χ4v) is 1.68. The van der Waals surface area contributed by atoms with Crippen LogP contribution in [0.5, 0.6) is 0 Å². The normalized spacial score (nSPS) is 11.9. The molecule has 0 atom stereocenters. The molecule has 0 unspecified atom stereocenters. The fraction of sp³-hybridized carbons (Fsp3) is 0.462. The average Bonchev–Trinajstić information content (AvgIpc) is 2.70. The highest BCUT2D eigenvalue weighted by molar-refractivity contribution is 5.78. The van der Waals surface area contributed by atoms with Gasteiger partial charge in [-0.25, -0.2) is 0 Å². The summed E-state index contributed by atoms with van der Waals surface area (Å²) in [6.07, 6.45) is 2.04. The summed E-state index contributed by atoms with van der Waals surface area (Å²) >= 11 is 0. The van der Waals surface area contributed by atoms with E-state index in [1.165, 1.54) is 0 Å². The molecule has 0 saturated heterocycles. The summed E-state index contributed by atoms with van der Waals surface area (Å²) in [5.74, 6) is 0. The average molecular weight is 233 g/mol.